The maximum atomic E-state index is 5.12. The van der Waals surface area contributed by atoms with Gasteiger partial charge in [-0.1, -0.05) is 6.92 Å². The largest absolute Gasteiger partial charge is 0.385 e. The molecule has 1 N–H and O–H groups in total. The summed E-state index contributed by atoms with van der Waals surface area (Å²) in [5.41, 5.74) is 3.73. The molecule has 1 rings (SSSR count). The molecule has 4 nitrogen and oxygen atoms in total. The van der Waals surface area contributed by atoms with Gasteiger partial charge in [-0.3, -0.25) is 4.68 Å². The smallest absolute Gasteiger partial charge is 0.0641 e. The zero-order valence-corrected chi connectivity index (χ0v) is 11.7. The summed E-state index contributed by atoms with van der Waals surface area (Å²) in [7, 11) is 1.74. The topological polar surface area (TPSA) is 39.1 Å². The Morgan fingerprint density at radius 3 is 2.71 bits per heavy atom. The van der Waals surface area contributed by atoms with E-state index < -0.39 is 0 Å². The molecular weight excluding hydrogens is 214 g/mol. The van der Waals surface area contributed by atoms with E-state index in [0.717, 1.165) is 31.8 Å². The molecule has 0 aliphatic heterocycles. The number of hydrogen-bond acceptors (Lipinski definition) is 3. The first kappa shape index (κ1) is 14.2. The van der Waals surface area contributed by atoms with E-state index in [2.05, 4.69) is 42.8 Å². The van der Waals surface area contributed by atoms with E-state index in [1.54, 1.807) is 7.11 Å². The molecule has 1 unspecified atom stereocenters. The van der Waals surface area contributed by atoms with Gasteiger partial charge in [-0.2, -0.15) is 5.10 Å². The SMILES string of the molecule is CCNCc1c(C)nn(C(C)CCOC)c1C. The zero-order chi connectivity index (χ0) is 12.8. The van der Waals surface area contributed by atoms with Crippen LogP contribution in [0.4, 0.5) is 0 Å². The highest BCUT2D eigenvalue weighted by molar-refractivity contribution is 5.24. The van der Waals surface area contributed by atoms with Gasteiger partial charge in [-0.15, -0.1) is 0 Å². The molecule has 0 amide bonds. The van der Waals surface area contributed by atoms with Crippen LogP contribution in [0.3, 0.4) is 0 Å². The normalized spacial score (nSPS) is 13.0. The average molecular weight is 239 g/mol. The van der Waals surface area contributed by atoms with Gasteiger partial charge in [0, 0.05) is 31.5 Å². The Balaban J connectivity index is 2.79. The fourth-order valence-corrected chi connectivity index (χ4v) is 2.04. The number of hydrogen-bond donors (Lipinski definition) is 1. The number of nitrogens with one attached hydrogen (secondary N) is 1. The molecule has 4 heteroatoms. The van der Waals surface area contributed by atoms with Crippen molar-refractivity contribution in [2.75, 3.05) is 20.3 Å². The molecule has 0 radical (unpaired) electrons. The first-order valence-corrected chi connectivity index (χ1v) is 6.36. The monoisotopic (exact) mass is 239 g/mol. The fourth-order valence-electron chi connectivity index (χ4n) is 2.04. The lowest BCUT2D eigenvalue weighted by atomic mass is 10.2. The highest BCUT2D eigenvalue weighted by Gasteiger charge is 2.14. The van der Waals surface area contributed by atoms with Gasteiger partial charge in [0.05, 0.1) is 11.7 Å². The molecule has 0 aliphatic carbocycles. The standard InChI is InChI=1S/C13H25N3O/c1-6-14-9-13-11(3)15-16(12(13)4)10(2)7-8-17-5/h10,14H,6-9H2,1-5H3. The Morgan fingerprint density at radius 1 is 1.41 bits per heavy atom. The van der Waals surface area contributed by atoms with Crippen molar-refractivity contribution in [1.29, 1.82) is 0 Å². The van der Waals surface area contributed by atoms with Crippen LogP contribution < -0.4 is 5.32 Å². The Morgan fingerprint density at radius 2 is 2.12 bits per heavy atom. The predicted octanol–water partition coefficient (Wildman–Crippen LogP) is 2.21. The molecule has 1 atom stereocenters. The Labute approximate surface area is 104 Å². The van der Waals surface area contributed by atoms with Gasteiger partial charge < -0.3 is 10.1 Å². The minimum atomic E-state index is 0.393. The molecular formula is C13H25N3O. The molecule has 0 fully saturated rings. The van der Waals surface area contributed by atoms with Crippen LogP contribution >= 0.6 is 0 Å². The predicted molar refractivity (Wildman–Crippen MR) is 70.3 cm³/mol. The number of aryl methyl sites for hydroxylation is 1. The summed E-state index contributed by atoms with van der Waals surface area (Å²) in [6.07, 6.45) is 0.999. The summed E-state index contributed by atoms with van der Waals surface area (Å²) >= 11 is 0. The van der Waals surface area contributed by atoms with E-state index in [4.69, 9.17) is 4.74 Å². The van der Waals surface area contributed by atoms with E-state index >= 15 is 0 Å². The molecule has 1 aromatic heterocycles. The number of methoxy groups -OCH3 is 1. The second-order valence-corrected chi connectivity index (χ2v) is 4.50. The Bertz CT molecular complexity index is 347. The molecule has 98 valence electrons. The third-order valence-electron chi connectivity index (χ3n) is 3.18. The van der Waals surface area contributed by atoms with Crippen molar-refractivity contribution in [1.82, 2.24) is 15.1 Å². The third kappa shape index (κ3) is 3.54. The summed E-state index contributed by atoms with van der Waals surface area (Å²) in [4.78, 5) is 0. The lowest BCUT2D eigenvalue weighted by molar-refractivity contribution is 0.178. The zero-order valence-electron chi connectivity index (χ0n) is 11.7. The summed E-state index contributed by atoms with van der Waals surface area (Å²) in [5.74, 6) is 0. The van der Waals surface area contributed by atoms with Crippen molar-refractivity contribution in [3.05, 3.63) is 17.0 Å². The van der Waals surface area contributed by atoms with Crippen LogP contribution in [-0.2, 0) is 11.3 Å². The van der Waals surface area contributed by atoms with Crippen LogP contribution in [0.2, 0.25) is 0 Å². The summed E-state index contributed by atoms with van der Waals surface area (Å²) < 4.78 is 7.25. The van der Waals surface area contributed by atoms with Gasteiger partial charge in [-0.25, -0.2) is 0 Å². The molecule has 0 bridgehead atoms. The van der Waals surface area contributed by atoms with E-state index in [1.807, 2.05) is 0 Å². The second-order valence-electron chi connectivity index (χ2n) is 4.50. The molecule has 1 aromatic rings. The lowest BCUT2D eigenvalue weighted by Crippen LogP contribution is -2.14. The van der Waals surface area contributed by atoms with Crippen LogP contribution in [-0.4, -0.2) is 30.0 Å². The highest BCUT2D eigenvalue weighted by atomic mass is 16.5. The van der Waals surface area contributed by atoms with Crippen molar-refractivity contribution in [3.8, 4) is 0 Å². The summed E-state index contributed by atoms with van der Waals surface area (Å²) in [6.45, 7) is 11.2. The molecule has 0 spiro atoms. The Hall–Kier alpha value is -0.870. The van der Waals surface area contributed by atoms with Gasteiger partial charge >= 0.3 is 0 Å². The number of nitrogens with zero attached hydrogens (tertiary/aromatic N) is 2. The second kappa shape index (κ2) is 6.77. The number of ether oxygens (including phenoxy) is 1. The minimum Gasteiger partial charge on any atom is -0.385 e. The van der Waals surface area contributed by atoms with Crippen LogP contribution in [0, 0.1) is 13.8 Å². The average Bonchev–Trinajstić information content (AvgIpc) is 2.60. The van der Waals surface area contributed by atoms with Crippen LogP contribution in [0.1, 0.15) is 43.3 Å². The van der Waals surface area contributed by atoms with Crippen molar-refractivity contribution >= 4 is 0 Å². The molecule has 17 heavy (non-hydrogen) atoms. The van der Waals surface area contributed by atoms with E-state index in [0.29, 0.717) is 6.04 Å². The maximum absolute atomic E-state index is 5.12. The lowest BCUT2D eigenvalue weighted by Gasteiger charge is -2.14. The first-order valence-electron chi connectivity index (χ1n) is 6.36. The van der Waals surface area contributed by atoms with Crippen molar-refractivity contribution < 1.29 is 4.74 Å². The van der Waals surface area contributed by atoms with Gasteiger partial charge in [0.2, 0.25) is 0 Å². The van der Waals surface area contributed by atoms with Gasteiger partial charge in [-0.05, 0) is 33.7 Å². The molecule has 0 saturated heterocycles. The summed E-state index contributed by atoms with van der Waals surface area (Å²) in [6, 6.07) is 0.393. The van der Waals surface area contributed by atoms with Crippen LogP contribution in [0.5, 0.6) is 0 Å². The van der Waals surface area contributed by atoms with Crippen molar-refractivity contribution in [2.45, 2.75) is 46.7 Å². The van der Waals surface area contributed by atoms with Crippen LogP contribution in [0.25, 0.3) is 0 Å². The fraction of sp³-hybridized carbons (Fsp3) is 0.769. The minimum absolute atomic E-state index is 0.393. The molecule has 1 heterocycles. The number of aromatic nitrogens is 2. The quantitative estimate of drug-likeness (QED) is 0.793. The van der Waals surface area contributed by atoms with Crippen molar-refractivity contribution in [3.63, 3.8) is 0 Å². The van der Waals surface area contributed by atoms with Crippen molar-refractivity contribution in [2.24, 2.45) is 0 Å². The Kier molecular flexibility index (Phi) is 5.65. The first-order chi connectivity index (χ1) is 8.11. The van der Waals surface area contributed by atoms with E-state index in [1.165, 1.54) is 11.3 Å². The molecule has 0 aromatic carbocycles. The van der Waals surface area contributed by atoms with E-state index in [9.17, 15) is 0 Å². The van der Waals surface area contributed by atoms with Gasteiger partial charge in [0.1, 0.15) is 0 Å². The molecule has 0 aliphatic rings. The van der Waals surface area contributed by atoms with Gasteiger partial charge in [0.15, 0.2) is 0 Å². The maximum Gasteiger partial charge on any atom is 0.0641 e. The molecule has 0 saturated carbocycles. The van der Waals surface area contributed by atoms with Gasteiger partial charge in [0.25, 0.3) is 0 Å². The number of rotatable bonds is 7. The van der Waals surface area contributed by atoms with Crippen LogP contribution in [0.15, 0.2) is 0 Å². The highest BCUT2D eigenvalue weighted by Crippen LogP contribution is 2.19. The van der Waals surface area contributed by atoms with E-state index in [-0.39, 0.29) is 0 Å². The summed E-state index contributed by atoms with van der Waals surface area (Å²) in [5, 5.41) is 8.00. The third-order valence-corrected chi connectivity index (χ3v) is 3.18.